The minimum atomic E-state index is -0.136. The summed E-state index contributed by atoms with van der Waals surface area (Å²) in [5.41, 5.74) is 5.79. The molecule has 4 rings (SSSR count). The van der Waals surface area contributed by atoms with E-state index in [1.807, 2.05) is 48.8 Å². The van der Waals surface area contributed by atoms with Crippen LogP contribution in [0.3, 0.4) is 0 Å². The van der Waals surface area contributed by atoms with Crippen molar-refractivity contribution in [3.05, 3.63) is 72.7 Å². The van der Waals surface area contributed by atoms with E-state index >= 15 is 0 Å². The molecule has 2 N–H and O–H groups in total. The highest BCUT2D eigenvalue weighted by molar-refractivity contribution is 5.96. The van der Waals surface area contributed by atoms with Gasteiger partial charge in [0.2, 0.25) is 11.8 Å². The van der Waals surface area contributed by atoms with Crippen LogP contribution >= 0.6 is 0 Å². The molecular formula is C23H20N4O2. The van der Waals surface area contributed by atoms with E-state index in [9.17, 15) is 4.79 Å². The Balaban J connectivity index is 1.72. The van der Waals surface area contributed by atoms with Gasteiger partial charge < -0.3 is 15.0 Å². The summed E-state index contributed by atoms with van der Waals surface area (Å²) in [5.74, 6) is 0.442. The van der Waals surface area contributed by atoms with Crippen LogP contribution in [0.4, 0.5) is 0 Å². The van der Waals surface area contributed by atoms with Gasteiger partial charge in [-0.3, -0.25) is 4.79 Å². The summed E-state index contributed by atoms with van der Waals surface area (Å²) in [6, 6.07) is 13.9. The van der Waals surface area contributed by atoms with Gasteiger partial charge in [-0.2, -0.15) is 0 Å². The van der Waals surface area contributed by atoms with E-state index in [0.29, 0.717) is 5.88 Å². The lowest BCUT2D eigenvalue weighted by Crippen LogP contribution is -2.13. The first kappa shape index (κ1) is 18.4. The zero-order valence-electron chi connectivity index (χ0n) is 16.1. The van der Waals surface area contributed by atoms with Crippen LogP contribution in [-0.2, 0) is 4.79 Å². The molecule has 0 aliphatic rings. The maximum atomic E-state index is 11.4. The van der Waals surface area contributed by atoms with Crippen LogP contribution in [0.5, 0.6) is 5.88 Å². The SMILES string of the molecule is CNC(=O)/C=C/c1cccc(-c2cnc3[nH]cc(-c4ccc(OC)nc4)c3c2)c1. The van der Waals surface area contributed by atoms with Gasteiger partial charge in [0.15, 0.2) is 0 Å². The Kier molecular flexibility index (Phi) is 5.07. The van der Waals surface area contributed by atoms with Crippen molar-refractivity contribution in [3.8, 4) is 28.1 Å². The monoisotopic (exact) mass is 384 g/mol. The van der Waals surface area contributed by atoms with Crippen molar-refractivity contribution in [3.63, 3.8) is 0 Å². The molecule has 0 saturated heterocycles. The van der Waals surface area contributed by atoms with Gasteiger partial charge in [-0.15, -0.1) is 0 Å². The van der Waals surface area contributed by atoms with E-state index in [2.05, 4.69) is 26.3 Å². The van der Waals surface area contributed by atoms with Gasteiger partial charge in [-0.05, 0) is 35.4 Å². The fourth-order valence-electron chi connectivity index (χ4n) is 3.14. The predicted octanol–water partition coefficient (Wildman–Crippen LogP) is 4.06. The third-order valence-electron chi connectivity index (χ3n) is 4.68. The summed E-state index contributed by atoms with van der Waals surface area (Å²) in [5, 5.41) is 3.59. The van der Waals surface area contributed by atoms with Crippen molar-refractivity contribution in [2.75, 3.05) is 14.2 Å². The Morgan fingerprint density at radius 3 is 2.69 bits per heavy atom. The molecule has 6 nitrogen and oxygen atoms in total. The summed E-state index contributed by atoms with van der Waals surface area (Å²) in [6.45, 7) is 0. The average Bonchev–Trinajstić information content (AvgIpc) is 3.21. The molecule has 3 heterocycles. The van der Waals surface area contributed by atoms with Crippen LogP contribution in [0.15, 0.2) is 67.1 Å². The molecule has 0 bridgehead atoms. The number of hydrogen-bond acceptors (Lipinski definition) is 4. The molecule has 0 radical (unpaired) electrons. The number of nitrogens with one attached hydrogen (secondary N) is 2. The second-order valence-electron chi connectivity index (χ2n) is 6.48. The Bertz CT molecular complexity index is 1190. The van der Waals surface area contributed by atoms with Gasteiger partial charge in [0.05, 0.1) is 7.11 Å². The van der Waals surface area contributed by atoms with Gasteiger partial charge in [0.25, 0.3) is 0 Å². The molecule has 6 heteroatoms. The molecule has 0 fully saturated rings. The summed E-state index contributed by atoms with van der Waals surface area (Å²) < 4.78 is 5.14. The number of pyridine rings is 2. The van der Waals surface area contributed by atoms with Crippen LogP contribution in [0.25, 0.3) is 39.4 Å². The number of carbonyl (C=O) groups is 1. The van der Waals surface area contributed by atoms with E-state index in [-0.39, 0.29) is 5.91 Å². The first-order valence-corrected chi connectivity index (χ1v) is 9.15. The molecule has 4 aromatic rings. The van der Waals surface area contributed by atoms with Crippen molar-refractivity contribution in [2.45, 2.75) is 0 Å². The molecule has 1 amide bonds. The van der Waals surface area contributed by atoms with Gasteiger partial charge in [0.1, 0.15) is 5.65 Å². The zero-order valence-corrected chi connectivity index (χ0v) is 16.1. The molecule has 144 valence electrons. The van der Waals surface area contributed by atoms with Crippen molar-refractivity contribution in [2.24, 2.45) is 0 Å². The number of amides is 1. The number of carbonyl (C=O) groups excluding carboxylic acids is 1. The summed E-state index contributed by atoms with van der Waals surface area (Å²) >= 11 is 0. The molecule has 0 saturated carbocycles. The summed E-state index contributed by atoms with van der Waals surface area (Å²) in [7, 11) is 3.21. The smallest absolute Gasteiger partial charge is 0.243 e. The lowest BCUT2D eigenvalue weighted by Gasteiger charge is -2.05. The van der Waals surface area contributed by atoms with Crippen molar-refractivity contribution in [1.29, 1.82) is 0 Å². The quantitative estimate of drug-likeness (QED) is 0.509. The van der Waals surface area contributed by atoms with Crippen LogP contribution in [0.2, 0.25) is 0 Å². The molecule has 0 aliphatic carbocycles. The summed E-state index contributed by atoms with van der Waals surface area (Å²) in [4.78, 5) is 23.5. The Morgan fingerprint density at radius 2 is 1.93 bits per heavy atom. The molecular weight excluding hydrogens is 364 g/mol. The van der Waals surface area contributed by atoms with Crippen molar-refractivity contribution >= 4 is 23.0 Å². The molecule has 0 spiro atoms. The lowest BCUT2D eigenvalue weighted by atomic mass is 10.0. The first-order chi connectivity index (χ1) is 14.2. The van der Waals surface area contributed by atoms with Crippen molar-refractivity contribution in [1.82, 2.24) is 20.3 Å². The number of benzene rings is 1. The molecule has 1 aromatic carbocycles. The predicted molar refractivity (Wildman–Crippen MR) is 114 cm³/mol. The molecule has 3 aromatic heterocycles. The molecule has 0 unspecified atom stereocenters. The summed E-state index contributed by atoms with van der Waals surface area (Å²) in [6.07, 6.45) is 8.88. The molecule has 0 aliphatic heterocycles. The number of methoxy groups -OCH3 is 1. The largest absolute Gasteiger partial charge is 0.481 e. The molecule has 0 atom stereocenters. The highest BCUT2D eigenvalue weighted by Gasteiger charge is 2.10. The number of rotatable bonds is 5. The van der Waals surface area contributed by atoms with E-state index < -0.39 is 0 Å². The van der Waals surface area contributed by atoms with Crippen LogP contribution in [-0.4, -0.2) is 35.0 Å². The fourth-order valence-corrected chi connectivity index (χ4v) is 3.14. The van der Waals surface area contributed by atoms with Gasteiger partial charge in [0, 0.05) is 59.9 Å². The van der Waals surface area contributed by atoms with E-state index in [1.165, 1.54) is 6.08 Å². The Morgan fingerprint density at radius 1 is 1.07 bits per heavy atom. The second-order valence-corrected chi connectivity index (χ2v) is 6.48. The highest BCUT2D eigenvalue weighted by Crippen LogP contribution is 2.31. The van der Waals surface area contributed by atoms with E-state index in [1.54, 1.807) is 26.4 Å². The average molecular weight is 384 g/mol. The number of aromatic amines is 1. The Labute approximate surface area is 168 Å². The number of H-pyrrole nitrogens is 1. The first-order valence-electron chi connectivity index (χ1n) is 9.15. The highest BCUT2D eigenvalue weighted by atomic mass is 16.5. The van der Waals surface area contributed by atoms with Crippen LogP contribution in [0.1, 0.15) is 5.56 Å². The standard InChI is InChI=1S/C23H20N4O2/c1-24-21(28)8-6-15-4-3-5-16(10-15)18-11-19-20(14-27-23(19)26-13-18)17-7-9-22(29-2)25-12-17/h3-14H,1-2H3,(H,24,28)(H,26,27)/b8-6+. The third-order valence-corrected chi connectivity index (χ3v) is 4.68. The minimum Gasteiger partial charge on any atom is -0.481 e. The lowest BCUT2D eigenvalue weighted by molar-refractivity contribution is -0.115. The number of nitrogens with zero attached hydrogens (tertiary/aromatic N) is 2. The van der Waals surface area contributed by atoms with Gasteiger partial charge >= 0.3 is 0 Å². The number of hydrogen-bond donors (Lipinski definition) is 2. The normalized spacial score (nSPS) is 11.1. The van der Waals surface area contributed by atoms with Crippen molar-refractivity contribution < 1.29 is 9.53 Å². The number of aromatic nitrogens is 3. The molecule has 29 heavy (non-hydrogen) atoms. The number of ether oxygens (including phenoxy) is 1. The number of fused-ring (bicyclic) bond motifs is 1. The van der Waals surface area contributed by atoms with Gasteiger partial charge in [-0.25, -0.2) is 9.97 Å². The maximum Gasteiger partial charge on any atom is 0.243 e. The van der Waals surface area contributed by atoms with Gasteiger partial charge in [-0.1, -0.05) is 18.2 Å². The van der Waals surface area contributed by atoms with Crippen LogP contribution < -0.4 is 10.1 Å². The fraction of sp³-hybridized carbons (Fsp3) is 0.0870. The zero-order chi connectivity index (χ0) is 20.2. The Hall–Kier alpha value is -3.93. The van der Waals surface area contributed by atoms with E-state index in [0.717, 1.165) is 38.9 Å². The maximum absolute atomic E-state index is 11.4. The third kappa shape index (κ3) is 3.87. The van der Waals surface area contributed by atoms with E-state index in [4.69, 9.17) is 4.74 Å². The second kappa shape index (κ2) is 7.98. The number of likely N-dealkylation sites (N-methyl/N-ethyl adjacent to an activating group) is 1. The van der Waals surface area contributed by atoms with Crippen LogP contribution in [0, 0.1) is 0 Å². The topological polar surface area (TPSA) is 79.9 Å². The minimum absolute atomic E-state index is 0.136.